The Kier molecular flexibility index (Phi) is 5.98. The molecule has 2 unspecified atom stereocenters. The zero-order chi connectivity index (χ0) is 24.9. The first-order valence-corrected chi connectivity index (χ1v) is 12.9. The van der Waals surface area contributed by atoms with Crippen molar-refractivity contribution in [1.29, 1.82) is 0 Å². The molecule has 2 aromatic heterocycles. The van der Waals surface area contributed by atoms with Gasteiger partial charge in [0.1, 0.15) is 5.82 Å². The summed E-state index contributed by atoms with van der Waals surface area (Å²) in [5, 5.41) is 8.23. The lowest BCUT2D eigenvalue weighted by Crippen LogP contribution is -2.34. The van der Waals surface area contributed by atoms with Crippen LogP contribution in [0.5, 0.6) is 0 Å². The van der Waals surface area contributed by atoms with E-state index in [0.717, 1.165) is 37.1 Å². The summed E-state index contributed by atoms with van der Waals surface area (Å²) in [6, 6.07) is 3.00. The van der Waals surface area contributed by atoms with E-state index in [1.54, 1.807) is 17.6 Å². The van der Waals surface area contributed by atoms with Crippen LogP contribution in [0.1, 0.15) is 70.3 Å². The molecule has 0 bridgehead atoms. The van der Waals surface area contributed by atoms with Crippen LogP contribution in [0.25, 0.3) is 0 Å². The van der Waals surface area contributed by atoms with Gasteiger partial charge < -0.3 is 5.32 Å². The van der Waals surface area contributed by atoms with E-state index in [4.69, 9.17) is 0 Å². The summed E-state index contributed by atoms with van der Waals surface area (Å²) in [6.07, 6.45) is 3.66. The fourth-order valence-electron chi connectivity index (χ4n) is 4.63. The van der Waals surface area contributed by atoms with Gasteiger partial charge >= 0.3 is 0 Å². The van der Waals surface area contributed by atoms with Gasteiger partial charge in [-0.2, -0.15) is 14.8 Å². The van der Waals surface area contributed by atoms with Gasteiger partial charge in [-0.1, -0.05) is 39.0 Å². The predicted molar refractivity (Wildman–Crippen MR) is 134 cm³/mol. The predicted octanol–water partition coefficient (Wildman–Crippen LogP) is 3.10. The molecule has 2 atom stereocenters. The fourth-order valence-corrected chi connectivity index (χ4v) is 5.82. The van der Waals surface area contributed by atoms with E-state index >= 15 is 0 Å². The number of aryl methyl sites for hydroxylation is 1. The van der Waals surface area contributed by atoms with Gasteiger partial charge in [0.25, 0.3) is 17.4 Å². The largest absolute Gasteiger partial charge is 0.310 e. The fraction of sp³-hybridized carbons (Fsp3) is 0.542. The van der Waals surface area contributed by atoms with Crippen LogP contribution in [-0.4, -0.2) is 48.6 Å². The number of thioether (sulfide) groups is 1. The first-order valence-electron chi connectivity index (χ1n) is 11.9. The van der Waals surface area contributed by atoms with Gasteiger partial charge in [0, 0.05) is 41.1 Å². The minimum absolute atomic E-state index is 0.114. The number of rotatable bonds is 3. The standard InChI is InChI=1S/C24H29N7O3S/c1-13-9-20(33)30-14(12-35-23(30)25-13)10-19(32)27-18-11-17(24(2,3)4)29-31(18)22-26-16-8-6-5-7-15(16)21(34)28-22/h9,11,14-15H,5-8,10,12H2,1-4H3,(H,27,32). The van der Waals surface area contributed by atoms with E-state index in [-0.39, 0.29) is 47.1 Å². The topological polar surface area (TPSA) is 124 Å². The molecule has 10 nitrogen and oxygen atoms in total. The number of carbonyl (C=O) groups is 2. The Labute approximate surface area is 207 Å². The van der Waals surface area contributed by atoms with Crippen LogP contribution in [0.15, 0.2) is 32.1 Å². The second-order valence-electron chi connectivity index (χ2n) is 10.3. The molecule has 0 aromatic carbocycles. The molecule has 2 amide bonds. The molecule has 1 aliphatic carbocycles. The number of fused-ring (bicyclic) bond motifs is 2. The normalized spacial score (nSPS) is 21.8. The van der Waals surface area contributed by atoms with Crippen molar-refractivity contribution in [2.45, 2.75) is 76.4 Å². The summed E-state index contributed by atoms with van der Waals surface area (Å²) in [5.41, 5.74) is 1.82. The lowest BCUT2D eigenvalue weighted by Gasteiger charge is -2.24. The minimum atomic E-state index is -0.289. The van der Waals surface area contributed by atoms with Gasteiger partial charge in [-0.25, -0.2) is 9.98 Å². The minimum Gasteiger partial charge on any atom is -0.310 e. The average Bonchev–Trinajstić information content (AvgIpc) is 3.38. The summed E-state index contributed by atoms with van der Waals surface area (Å²) in [5.74, 6) is 0.498. The molecule has 0 spiro atoms. The Morgan fingerprint density at radius 1 is 1.20 bits per heavy atom. The van der Waals surface area contributed by atoms with Crippen molar-refractivity contribution in [3.05, 3.63) is 33.9 Å². The molecular formula is C24H29N7O3S. The van der Waals surface area contributed by atoms with Crippen LogP contribution in [0.2, 0.25) is 0 Å². The first kappa shape index (κ1) is 23.7. The van der Waals surface area contributed by atoms with Crippen molar-refractivity contribution in [2.75, 3.05) is 11.1 Å². The van der Waals surface area contributed by atoms with E-state index in [0.29, 0.717) is 22.4 Å². The van der Waals surface area contributed by atoms with Gasteiger partial charge in [0.05, 0.1) is 17.7 Å². The van der Waals surface area contributed by atoms with Crippen molar-refractivity contribution in [3.8, 4) is 0 Å². The maximum absolute atomic E-state index is 13.1. The van der Waals surface area contributed by atoms with Crippen molar-refractivity contribution in [3.63, 3.8) is 0 Å². The molecule has 1 N–H and O–H groups in total. The Bertz CT molecular complexity index is 1330. The number of hydrogen-bond donors (Lipinski definition) is 1. The first-order chi connectivity index (χ1) is 16.6. The van der Waals surface area contributed by atoms with E-state index < -0.39 is 0 Å². The quantitative estimate of drug-likeness (QED) is 0.653. The van der Waals surface area contributed by atoms with Crippen LogP contribution >= 0.6 is 11.8 Å². The number of nitrogens with zero attached hydrogens (tertiary/aromatic N) is 6. The molecular weight excluding hydrogens is 466 g/mol. The van der Waals surface area contributed by atoms with E-state index in [1.807, 2.05) is 20.8 Å². The van der Waals surface area contributed by atoms with Gasteiger partial charge in [0.15, 0.2) is 5.16 Å². The Morgan fingerprint density at radius 2 is 2.00 bits per heavy atom. The molecule has 1 fully saturated rings. The molecule has 1 saturated carbocycles. The van der Waals surface area contributed by atoms with Gasteiger partial charge in [0.2, 0.25) is 5.91 Å². The second-order valence-corrected chi connectivity index (χ2v) is 11.3. The van der Waals surface area contributed by atoms with E-state index in [9.17, 15) is 14.4 Å². The molecule has 0 saturated heterocycles. The third-order valence-corrected chi connectivity index (χ3v) is 7.60. The van der Waals surface area contributed by atoms with Crippen molar-refractivity contribution >= 4 is 41.1 Å². The third kappa shape index (κ3) is 4.61. The lowest BCUT2D eigenvalue weighted by atomic mass is 9.86. The number of carbonyl (C=O) groups excluding carboxylic acids is 2. The number of nitrogens with one attached hydrogen (secondary N) is 1. The summed E-state index contributed by atoms with van der Waals surface area (Å²) in [7, 11) is 0. The highest BCUT2D eigenvalue weighted by Crippen LogP contribution is 2.33. The number of aliphatic imine (C=N–C) groups is 2. The van der Waals surface area contributed by atoms with Crippen LogP contribution in [0.3, 0.4) is 0 Å². The number of hydrogen-bond acceptors (Lipinski definition) is 7. The van der Waals surface area contributed by atoms with Crippen molar-refractivity contribution < 1.29 is 9.59 Å². The van der Waals surface area contributed by atoms with Gasteiger partial charge in [-0.05, 0) is 26.2 Å². The Hall–Kier alpha value is -3.08. The second kappa shape index (κ2) is 8.85. The molecule has 3 aliphatic rings. The lowest BCUT2D eigenvalue weighted by molar-refractivity contribution is -0.120. The van der Waals surface area contributed by atoms with Crippen LogP contribution < -0.4 is 10.9 Å². The van der Waals surface area contributed by atoms with Crippen LogP contribution in [-0.2, 0) is 15.0 Å². The Morgan fingerprint density at radius 3 is 2.77 bits per heavy atom. The highest BCUT2D eigenvalue weighted by atomic mass is 32.2. The van der Waals surface area contributed by atoms with Crippen molar-refractivity contribution in [2.24, 2.45) is 15.9 Å². The number of aromatic nitrogens is 4. The smallest absolute Gasteiger partial charge is 0.257 e. The molecule has 184 valence electrons. The summed E-state index contributed by atoms with van der Waals surface area (Å²) in [6.45, 7) is 7.86. The average molecular weight is 496 g/mol. The summed E-state index contributed by atoms with van der Waals surface area (Å²) < 4.78 is 3.05. The van der Waals surface area contributed by atoms with Crippen LogP contribution in [0.4, 0.5) is 5.82 Å². The van der Waals surface area contributed by atoms with Crippen molar-refractivity contribution in [1.82, 2.24) is 19.3 Å². The molecule has 35 heavy (non-hydrogen) atoms. The molecule has 2 aliphatic heterocycles. The molecule has 5 rings (SSSR count). The highest BCUT2D eigenvalue weighted by molar-refractivity contribution is 7.99. The summed E-state index contributed by atoms with van der Waals surface area (Å²) >= 11 is 1.48. The zero-order valence-electron chi connectivity index (χ0n) is 20.4. The molecule has 11 heteroatoms. The van der Waals surface area contributed by atoms with Gasteiger partial charge in [-0.15, -0.1) is 0 Å². The maximum Gasteiger partial charge on any atom is 0.257 e. The summed E-state index contributed by atoms with van der Waals surface area (Å²) in [4.78, 5) is 51.7. The number of amides is 2. The molecule has 2 aromatic rings. The monoisotopic (exact) mass is 495 g/mol. The molecule has 0 radical (unpaired) electrons. The van der Waals surface area contributed by atoms with E-state index in [1.165, 1.54) is 22.5 Å². The van der Waals surface area contributed by atoms with Gasteiger partial charge in [-0.3, -0.25) is 19.0 Å². The Balaban J connectivity index is 1.42. The highest BCUT2D eigenvalue weighted by Gasteiger charge is 2.33. The number of anilines is 1. The zero-order valence-corrected chi connectivity index (χ0v) is 21.2. The van der Waals surface area contributed by atoms with Crippen LogP contribution in [0, 0.1) is 12.8 Å². The van der Waals surface area contributed by atoms with E-state index in [2.05, 4.69) is 25.4 Å². The molecule has 4 heterocycles. The third-order valence-electron chi connectivity index (χ3n) is 6.50. The maximum atomic E-state index is 13.1. The SMILES string of the molecule is Cc1cc(=O)n2c(n1)SCC2CC(=O)Nc1cc(C(C)(C)C)nn1C1=NC(=O)C2CCCCC2=N1.